The quantitative estimate of drug-likeness (QED) is 0.391. The lowest BCUT2D eigenvalue weighted by molar-refractivity contribution is -0.115. The minimum atomic E-state index is -0.296. The molecule has 3 aromatic rings. The summed E-state index contributed by atoms with van der Waals surface area (Å²) in [5.41, 5.74) is 3.45. The number of ether oxygens (including phenoxy) is 1. The molecule has 1 fully saturated rings. The van der Waals surface area contributed by atoms with Crippen LogP contribution in [0.2, 0.25) is 0 Å². The predicted molar refractivity (Wildman–Crippen MR) is 147 cm³/mol. The van der Waals surface area contributed by atoms with Crippen LogP contribution in [0.25, 0.3) is 6.08 Å². The van der Waals surface area contributed by atoms with E-state index >= 15 is 0 Å². The molecule has 1 aliphatic rings. The Labute approximate surface area is 216 Å². The smallest absolute Gasteiger partial charge is 0.253 e. The lowest BCUT2D eigenvalue weighted by Gasteiger charge is -2.36. The maximum Gasteiger partial charge on any atom is 0.253 e. The third kappa shape index (κ3) is 6.70. The van der Waals surface area contributed by atoms with Gasteiger partial charge in [-0.15, -0.1) is 0 Å². The highest BCUT2D eigenvalue weighted by Gasteiger charge is 2.22. The van der Waals surface area contributed by atoms with Gasteiger partial charge in [-0.05, 0) is 72.4 Å². The molecule has 1 aliphatic heterocycles. The van der Waals surface area contributed by atoms with E-state index in [2.05, 4.69) is 15.5 Å². The molecule has 0 aliphatic carbocycles. The van der Waals surface area contributed by atoms with Gasteiger partial charge in [0, 0.05) is 49.2 Å². The molecule has 1 saturated heterocycles. The number of hydrogen-bond donors (Lipinski definition) is 2. The molecule has 7 nitrogen and oxygen atoms in total. The number of carbonyl (C=O) groups is 2. The van der Waals surface area contributed by atoms with Crippen molar-refractivity contribution in [1.82, 2.24) is 10.2 Å². The number of amides is 2. The molecule has 0 unspecified atom stereocenters. The molecular formula is C28H28N4O3S. The Morgan fingerprint density at radius 1 is 0.889 bits per heavy atom. The zero-order chi connectivity index (χ0) is 25.3. The Balaban J connectivity index is 1.24. The fourth-order valence-corrected chi connectivity index (χ4v) is 4.11. The highest BCUT2D eigenvalue weighted by molar-refractivity contribution is 7.80. The van der Waals surface area contributed by atoms with Crippen LogP contribution in [-0.2, 0) is 4.79 Å². The molecule has 184 valence electrons. The van der Waals surface area contributed by atoms with Crippen molar-refractivity contribution in [2.24, 2.45) is 0 Å². The zero-order valence-electron chi connectivity index (χ0n) is 20.0. The standard InChI is InChI=1S/C28H28N4O3S/c1-35-25-14-8-22(9-15-25)27(34)32-19-17-31(18-20-32)24-12-10-23(11-13-24)29-28(36)30-26(33)16-7-21-5-3-2-4-6-21/h2-16H,17-20H2,1H3,(H2,29,30,33,36)/b16-7+. The van der Waals surface area contributed by atoms with Crippen LogP contribution in [-0.4, -0.2) is 55.1 Å². The number of anilines is 2. The van der Waals surface area contributed by atoms with Crippen molar-refractivity contribution in [1.29, 1.82) is 0 Å². The van der Waals surface area contributed by atoms with Gasteiger partial charge in [-0.2, -0.15) is 0 Å². The number of thiocarbonyl (C=S) groups is 1. The third-order valence-electron chi connectivity index (χ3n) is 5.86. The number of rotatable bonds is 6. The Bertz CT molecular complexity index is 1220. The maximum absolute atomic E-state index is 12.8. The lowest BCUT2D eigenvalue weighted by Crippen LogP contribution is -2.48. The van der Waals surface area contributed by atoms with Crippen LogP contribution < -0.4 is 20.3 Å². The molecular weight excluding hydrogens is 472 g/mol. The van der Waals surface area contributed by atoms with Gasteiger partial charge in [0.05, 0.1) is 7.11 Å². The summed E-state index contributed by atoms with van der Waals surface area (Å²) in [5.74, 6) is 0.471. The van der Waals surface area contributed by atoms with Crippen LogP contribution in [0.3, 0.4) is 0 Å². The first-order chi connectivity index (χ1) is 17.5. The summed E-state index contributed by atoms with van der Waals surface area (Å²) in [5, 5.41) is 5.92. The van der Waals surface area contributed by atoms with Crippen molar-refractivity contribution in [3.8, 4) is 5.75 Å². The van der Waals surface area contributed by atoms with E-state index in [1.165, 1.54) is 6.08 Å². The lowest BCUT2D eigenvalue weighted by atomic mass is 10.1. The van der Waals surface area contributed by atoms with Crippen molar-refractivity contribution in [2.75, 3.05) is 43.5 Å². The third-order valence-corrected chi connectivity index (χ3v) is 6.06. The number of nitrogens with one attached hydrogen (secondary N) is 2. The van der Waals surface area contributed by atoms with Crippen molar-refractivity contribution < 1.29 is 14.3 Å². The Morgan fingerprint density at radius 3 is 2.19 bits per heavy atom. The Kier molecular flexibility index (Phi) is 8.31. The van der Waals surface area contributed by atoms with Gasteiger partial charge in [0.15, 0.2) is 5.11 Å². The summed E-state index contributed by atoms with van der Waals surface area (Å²) in [6.07, 6.45) is 3.18. The molecule has 8 heteroatoms. The molecule has 36 heavy (non-hydrogen) atoms. The SMILES string of the molecule is COc1ccc(C(=O)N2CCN(c3ccc(NC(=S)NC(=O)/C=C/c4ccccc4)cc3)CC2)cc1. The van der Waals surface area contributed by atoms with Gasteiger partial charge in [-0.25, -0.2) is 0 Å². The molecule has 0 radical (unpaired) electrons. The highest BCUT2D eigenvalue weighted by Crippen LogP contribution is 2.21. The second-order valence-corrected chi connectivity index (χ2v) is 8.65. The number of piperazine rings is 1. The van der Waals surface area contributed by atoms with Gasteiger partial charge in [0.25, 0.3) is 5.91 Å². The average Bonchev–Trinajstić information content (AvgIpc) is 2.92. The zero-order valence-corrected chi connectivity index (χ0v) is 20.8. The first kappa shape index (κ1) is 24.9. The minimum Gasteiger partial charge on any atom is -0.497 e. The van der Waals surface area contributed by atoms with E-state index in [4.69, 9.17) is 17.0 Å². The molecule has 0 atom stereocenters. The van der Waals surface area contributed by atoms with Crippen LogP contribution in [0, 0.1) is 0 Å². The summed E-state index contributed by atoms with van der Waals surface area (Å²) in [7, 11) is 1.61. The van der Waals surface area contributed by atoms with Crippen LogP contribution in [0.15, 0.2) is 84.9 Å². The molecule has 0 saturated carbocycles. The number of nitrogens with zero attached hydrogens (tertiary/aromatic N) is 2. The second-order valence-electron chi connectivity index (χ2n) is 8.24. The molecule has 3 aromatic carbocycles. The van der Waals surface area contributed by atoms with E-state index in [1.54, 1.807) is 37.5 Å². The first-order valence-corrected chi connectivity index (χ1v) is 12.1. The largest absolute Gasteiger partial charge is 0.497 e. The molecule has 0 bridgehead atoms. The average molecular weight is 501 g/mol. The normalized spacial score (nSPS) is 13.4. The highest BCUT2D eigenvalue weighted by atomic mass is 32.1. The van der Waals surface area contributed by atoms with Gasteiger partial charge in [0.1, 0.15) is 5.75 Å². The molecule has 0 aromatic heterocycles. The van der Waals surface area contributed by atoms with Crippen molar-refractivity contribution >= 4 is 46.6 Å². The Hall–Kier alpha value is -4.17. The van der Waals surface area contributed by atoms with Gasteiger partial charge >= 0.3 is 0 Å². The van der Waals surface area contributed by atoms with Crippen molar-refractivity contribution in [3.05, 3.63) is 96.1 Å². The second kappa shape index (κ2) is 12.0. The minimum absolute atomic E-state index is 0.0334. The fourth-order valence-electron chi connectivity index (χ4n) is 3.89. The van der Waals surface area contributed by atoms with E-state index in [0.29, 0.717) is 18.7 Å². The van der Waals surface area contributed by atoms with Crippen molar-refractivity contribution in [2.45, 2.75) is 0 Å². The van der Waals surface area contributed by atoms with E-state index in [9.17, 15) is 9.59 Å². The van der Waals surface area contributed by atoms with Gasteiger partial charge in [-0.1, -0.05) is 30.3 Å². The maximum atomic E-state index is 12.8. The summed E-state index contributed by atoms with van der Waals surface area (Å²) in [6.45, 7) is 2.79. The molecule has 0 spiro atoms. The summed E-state index contributed by atoms with van der Waals surface area (Å²) in [4.78, 5) is 29.0. The molecule has 2 amide bonds. The van der Waals surface area contributed by atoms with Crippen LogP contribution in [0.5, 0.6) is 5.75 Å². The van der Waals surface area contributed by atoms with Gasteiger partial charge in [0.2, 0.25) is 5.91 Å². The summed E-state index contributed by atoms with van der Waals surface area (Å²) >= 11 is 5.26. The van der Waals surface area contributed by atoms with E-state index in [-0.39, 0.29) is 16.9 Å². The number of carbonyl (C=O) groups excluding carboxylic acids is 2. The van der Waals surface area contributed by atoms with E-state index in [0.717, 1.165) is 35.8 Å². The monoisotopic (exact) mass is 500 g/mol. The van der Waals surface area contributed by atoms with E-state index < -0.39 is 0 Å². The van der Waals surface area contributed by atoms with Gasteiger partial charge < -0.3 is 19.9 Å². The predicted octanol–water partition coefficient (Wildman–Crippen LogP) is 4.18. The first-order valence-electron chi connectivity index (χ1n) is 11.7. The Morgan fingerprint density at radius 2 is 1.56 bits per heavy atom. The van der Waals surface area contributed by atoms with E-state index in [1.807, 2.05) is 59.5 Å². The van der Waals surface area contributed by atoms with Crippen molar-refractivity contribution in [3.63, 3.8) is 0 Å². The van der Waals surface area contributed by atoms with Gasteiger partial charge in [-0.3, -0.25) is 14.9 Å². The molecule has 4 rings (SSSR count). The van der Waals surface area contributed by atoms with Crippen LogP contribution >= 0.6 is 12.2 Å². The number of benzene rings is 3. The number of hydrogen-bond acceptors (Lipinski definition) is 5. The number of methoxy groups -OCH3 is 1. The molecule has 1 heterocycles. The molecule has 2 N–H and O–H groups in total. The summed E-state index contributed by atoms with van der Waals surface area (Å²) in [6, 6.07) is 24.6. The van der Waals surface area contributed by atoms with Crippen LogP contribution in [0.4, 0.5) is 11.4 Å². The van der Waals surface area contributed by atoms with Crippen LogP contribution in [0.1, 0.15) is 15.9 Å². The summed E-state index contributed by atoms with van der Waals surface area (Å²) < 4.78 is 5.16. The fraction of sp³-hybridized carbons (Fsp3) is 0.179. The topological polar surface area (TPSA) is 73.9 Å².